The number of aromatic nitrogens is 1. The summed E-state index contributed by atoms with van der Waals surface area (Å²) in [6, 6.07) is 13.3. The van der Waals surface area contributed by atoms with Crippen LogP contribution >= 0.6 is 11.3 Å². The third-order valence-corrected chi connectivity index (χ3v) is 8.90. The fourth-order valence-electron chi connectivity index (χ4n) is 6.13. The highest BCUT2D eigenvalue weighted by atomic mass is 32.1. The van der Waals surface area contributed by atoms with E-state index in [1.807, 2.05) is 29.6 Å². The van der Waals surface area contributed by atoms with Crippen molar-refractivity contribution in [1.29, 1.82) is 0 Å². The number of aliphatic hydroxyl groups excluding tert-OH is 2. The van der Waals surface area contributed by atoms with E-state index in [9.17, 15) is 29.3 Å². The minimum atomic E-state index is -1.04. The molecule has 1 aliphatic carbocycles. The van der Waals surface area contributed by atoms with E-state index >= 15 is 0 Å². The minimum absolute atomic E-state index is 0.161. The van der Waals surface area contributed by atoms with Crippen molar-refractivity contribution in [2.45, 2.75) is 31.9 Å². The summed E-state index contributed by atoms with van der Waals surface area (Å²) in [6.45, 7) is -0.0509. The zero-order chi connectivity index (χ0) is 29.8. The molecule has 4 atom stereocenters. The topological polar surface area (TPSA) is 120 Å². The molecule has 1 aromatic carbocycles. The number of fused-ring (bicyclic) bond motifs is 1. The number of carbonyl (C=O) groups is 2. The number of aliphatic hydroxyl groups is 2. The Labute approximate surface area is 247 Å². The summed E-state index contributed by atoms with van der Waals surface area (Å²) in [6.07, 6.45) is 3.19. The number of pyridine rings is 1. The standard InChI is InChI=1S/C32H33FN2O6S/c1-41-18-21-15-23-30(32(40)35(31(23)39)16-22-5-4-12-42-22)24(17-36)29(21)28(38)10-8-20(26-6-2-3-11-34-26)13-19-7-9-27(37)25(33)14-19/h2-7,9,11-14,23-24,28,30,36-38H,8,10,15-18H2,1H3/b20-13-/t23-,24+,28-,30-/m1/s1. The van der Waals surface area contributed by atoms with Crippen molar-refractivity contribution < 1.29 is 34.0 Å². The molecule has 1 aliphatic heterocycles. The summed E-state index contributed by atoms with van der Waals surface area (Å²) in [4.78, 5) is 33.6. The van der Waals surface area contributed by atoms with Crippen molar-refractivity contribution in [2.24, 2.45) is 17.8 Å². The molecule has 3 N–H and O–H groups in total. The van der Waals surface area contributed by atoms with Crippen LogP contribution in [0.15, 0.2) is 71.3 Å². The number of hydrogen-bond acceptors (Lipinski definition) is 8. The largest absolute Gasteiger partial charge is 0.505 e. The number of aromatic hydroxyl groups is 1. The molecular formula is C32H33FN2O6S. The maximum absolute atomic E-state index is 14.1. The van der Waals surface area contributed by atoms with Crippen molar-refractivity contribution in [3.05, 3.63) is 93.2 Å². The maximum atomic E-state index is 14.1. The lowest BCUT2D eigenvalue weighted by Gasteiger charge is -2.36. The lowest BCUT2D eigenvalue weighted by Crippen LogP contribution is -2.39. The highest BCUT2D eigenvalue weighted by molar-refractivity contribution is 7.09. The fraction of sp³-hybridized carbons (Fsp3) is 0.344. The summed E-state index contributed by atoms with van der Waals surface area (Å²) in [5.74, 6) is -3.91. The number of likely N-dealkylation sites (tertiary alicyclic amines) is 1. The summed E-state index contributed by atoms with van der Waals surface area (Å²) in [5.41, 5.74) is 3.16. The first-order valence-electron chi connectivity index (χ1n) is 13.8. The van der Waals surface area contributed by atoms with Crippen molar-refractivity contribution >= 4 is 34.8 Å². The molecule has 0 unspecified atom stereocenters. The van der Waals surface area contributed by atoms with Gasteiger partial charge < -0.3 is 20.1 Å². The molecule has 0 saturated carbocycles. The number of halogens is 1. The summed E-state index contributed by atoms with van der Waals surface area (Å²) < 4.78 is 19.5. The van der Waals surface area contributed by atoms with Gasteiger partial charge in [-0.15, -0.1) is 11.3 Å². The normalized spacial score (nSPS) is 21.7. The Morgan fingerprint density at radius 1 is 1.21 bits per heavy atom. The van der Waals surface area contributed by atoms with Crippen LogP contribution in [-0.4, -0.2) is 63.4 Å². The van der Waals surface area contributed by atoms with E-state index in [-0.39, 0.29) is 37.8 Å². The number of rotatable bonds is 11. The van der Waals surface area contributed by atoms with Crippen LogP contribution in [0.5, 0.6) is 5.75 Å². The van der Waals surface area contributed by atoms with E-state index in [4.69, 9.17) is 4.74 Å². The molecule has 0 radical (unpaired) electrons. The first-order valence-corrected chi connectivity index (χ1v) is 14.7. The number of carbonyl (C=O) groups excluding carboxylic acids is 2. The molecule has 0 spiro atoms. The molecule has 42 heavy (non-hydrogen) atoms. The molecule has 1 fully saturated rings. The van der Waals surface area contributed by atoms with Crippen LogP contribution in [0.4, 0.5) is 4.39 Å². The first-order chi connectivity index (χ1) is 20.3. The monoisotopic (exact) mass is 592 g/mol. The number of hydrogen-bond donors (Lipinski definition) is 3. The number of phenols is 1. The molecule has 5 rings (SSSR count). The molecule has 220 valence electrons. The van der Waals surface area contributed by atoms with Gasteiger partial charge in [-0.2, -0.15) is 0 Å². The van der Waals surface area contributed by atoms with Crippen molar-refractivity contribution in [3.63, 3.8) is 0 Å². The number of ether oxygens (including phenoxy) is 1. The third kappa shape index (κ3) is 6.07. The number of amides is 2. The number of allylic oxidation sites excluding steroid dienone is 1. The van der Waals surface area contributed by atoms with Gasteiger partial charge in [-0.1, -0.05) is 18.2 Å². The van der Waals surface area contributed by atoms with Crippen LogP contribution in [0.3, 0.4) is 0 Å². The van der Waals surface area contributed by atoms with Crippen molar-refractivity contribution in [2.75, 3.05) is 20.3 Å². The molecule has 3 heterocycles. The van der Waals surface area contributed by atoms with Gasteiger partial charge in [0.2, 0.25) is 11.8 Å². The van der Waals surface area contributed by atoms with Crippen molar-refractivity contribution in [3.8, 4) is 5.75 Å². The predicted octanol–water partition coefficient (Wildman–Crippen LogP) is 4.43. The van der Waals surface area contributed by atoms with Crippen LogP contribution in [0, 0.1) is 23.6 Å². The number of benzene rings is 1. The van der Waals surface area contributed by atoms with Crippen LogP contribution in [0.1, 0.15) is 35.4 Å². The van der Waals surface area contributed by atoms with Gasteiger partial charge in [-0.05, 0) is 83.3 Å². The van der Waals surface area contributed by atoms with Gasteiger partial charge in [0.05, 0.1) is 43.4 Å². The molecule has 3 aromatic rings. The molecule has 2 aromatic heterocycles. The van der Waals surface area contributed by atoms with Gasteiger partial charge in [-0.3, -0.25) is 19.5 Å². The molecule has 0 bridgehead atoms. The van der Waals surface area contributed by atoms with Gasteiger partial charge in [-0.25, -0.2) is 4.39 Å². The molecular weight excluding hydrogens is 559 g/mol. The predicted molar refractivity (Wildman–Crippen MR) is 156 cm³/mol. The minimum Gasteiger partial charge on any atom is -0.505 e. The van der Waals surface area contributed by atoms with E-state index < -0.39 is 42.0 Å². The summed E-state index contributed by atoms with van der Waals surface area (Å²) in [7, 11) is 1.53. The highest BCUT2D eigenvalue weighted by Gasteiger charge is 2.54. The second-order valence-electron chi connectivity index (χ2n) is 10.6. The Hall–Kier alpha value is -3.70. The second kappa shape index (κ2) is 13.1. The van der Waals surface area contributed by atoms with Crippen LogP contribution < -0.4 is 0 Å². The average molecular weight is 593 g/mol. The number of imide groups is 1. The fourth-order valence-corrected chi connectivity index (χ4v) is 6.83. The SMILES string of the molecule is COCC1=C([C@H](O)CC/C(=C/c2ccc(O)c(F)c2)c2ccccn2)[C@H](CO)[C@@H]2C(=O)N(Cc3cccs3)C(=O)[C@@H]2C1. The Kier molecular flexibility index (Phi) is 9.27. The average Bonchev–Trinajstić information content (AvgIpc) is 3.59. The molecule has 2 aliphatic rings. The Morgan fingerprint density at radius 3 is 2.71 bits per heavy atom. The molecule has 2 amide bonds. The van der Waals surface area contributed by atoms with Gasteiger partial charge in [0.25, 0.3) is 0 Å². The Morgan fingerprint density at radius 2 is 2.05 bits per heavy atom. The lowest BCUT2D eigenvalue weighted by molar-refractivity contribution is -0.140. The number of phenolic OH excluding ortho intramolecular Hbond substituents is 1. The zero-order valence-corrected chi connectivity index (χ0v) is 24.0. The van der Waals surface area contributed by atoms with E-state index in [1.165, 1.54) is 35.5 Å². The van der Waals surface area contributed by atoms with Gasteiger partial charge in [0, 0.05) is 24.1 Å². The van der Waals surface area contributed by atoms with Crippen LogP contribution in [0.2, 0.25) is 0 Å². The van der Waals surface area contributed by atoms with E-state index in [0.29, 0.717) is 28.8 Å². The number of thiophene rings is 1. The van der Waals surface area contributed by atoms with E-state index in [2.05, 4.69) is 4.98 Å². The summed E-state index contributed by atoms with van der Waals surface area (Å²) in [5, 5.41) is 33.6. The van der Waals surface area contributed by atoms with Gasteiger partial charge in [0.1, 0.15) is 0 Å². The number of methoxy groups -OCH3 is 1. The first kappa shape index (κ1) is 29.8. The number of nitrogens with zero attached hydrogens (tertiary/aromatic N) is 2. The third-order valence-electron chi connectivity index (χ3n) is 8.04. The van der Waals surface area contributed by atoms with Gasteiger partial charge >= 0.3 is 0 Å². The zero-order valence-electron chi connectivity index (χ0n) is 23.1. The van der Waals surface area contributed by atoms with Crippen LogP contribution in [0.25, 0.3) is 11.6 Å². The Balaban J connectivity index is 1.42. The quantitative estimate of drug-likeness (QED) is 0.223. The molecule has 8 nitrogen and oxygen atoms in total. The summed E-state index contributed by atoms with van der Waals surface area (Å²) >= 11 is 1.47. The smallest absolute Gasteiger partial charge is 0.234 e. The molecule has 10 heteroatoms. The second-order valence-corrected chi connectivity index (χ2v) is 11.6. The van der Waals surface area contributed by atoms with Gasteiger partial charge in [0.15, 0.2) is 11.6 Å². The molecule has 1 saturated heterocycles. The van der Waals surface area contributed by atoms with E-state index in [1.54, 1.807) is 24.4 Å². The Bertz CT molecular complexity index is 1490. The highest BCUT2D eigenvalue weighted by Crippen LogP contribution is 2.47. The van der Waals surface area contributed by atoms with E-state index in [0.717, 1.165) is 10.5 Å². The van der Waals surface area contributed by atoms with Crippen molar-refractivity contribution in [1.82, 2.24) is 9.88 Å². The van der Waals surface area contributed by atoms with Crippen LogP contribution in [-0.2, 0) is 20.9 Å². The maximum Gasteiger partial charge on any atom is 0.234 e. The lowest BCUT2D eigenvalue weighted by atomic mass is 9.68.